The summed E-state index contributed by atoms with van der Waals surface area (Å²) in [7, 11) is 0. The van der Waals surface area contributed by atoms with Gasteiger partial charge in [-0.3, -0.25) is 4.98 Å². The summed E-state index contributed by atoms with van der Waals surface area (Å²) in [6, 6.07) is 19.1. The topological polar surface area (TPSA) is 51.6 Å². The summed E-state index contributed by atoms with van der Waals surface area (Å²) >= 11 is 0. The maximum Gasteiger partial charge on any atom is 0.144 e. The molecule has 2 aromatic carbocycles. The molecule has 134 valence electrons. The van der Waals surface area contributed by atoms with E-state index in [4.69, 9.17) is 9.47 Å². The zero-order valence-electron chi connectivity index (χ0n) is 14.9. The van der Waals surface area contributed by atoms with Crippen LogP contribution in [0.15, 0.2) is 66.9 Å². The Morgan fingerprint density at radius 2 is 1.58 bits per heavy atom. The van der Waals surface area contributed by atoms with Crippen molar-refractivity contribution in [2.45, 2.75) is 26.4 Å². The average Bonchev–Trinajstić information content (AvgIpc) is 2.68. The van der Waals surface area contributed by atoms with Crippen LogP contribution in [-0.2, 0) is 13.0 Å². The Hall–Kier alpha value is -3.01. The molecule has 1 heterocycles. The van der Waals surface area contributed by atoms with Gasteiger partial charge in [0.15, 0.2) is 0 Å². The third kappa shape index (κ3) is 4.99. The Labute approximate surface area is 154 Å². The second-order valence-electron chi connectivity index (χ2n) is 6.07. The lowest BCUT2D eigenvalue weighted by molar-refractivity contribution is 0.274. The number of phenols is 1. The van der Waals surface area contributed by atoms with Crippen LogP contribution in [-0.4, -0.2) is 16.7 Å². The minimum atomic E-state index is 0.286. The molecule has 0 aliphatic carbocycles. The van der Waals surface area contributed by atoms with Gasteiger partial charge in [0.1, 0.15) is 29.5 Å². The predicted molar refractivity (Wildman–Crippen MR) is 102 cm³/mol. The van der Waals surface area contributed by atoms with Gasteiger partial charge in [-0.15, -0.1) is 0 Å². The number of nitrogens with zero attached hydrogens (tertiary/aromatic N) is 1. The summed E-state index contributed by atoms with van der Waals surface area (Å²) in [5.41, 5.74) is 3.14. The van der Waals surface area contributed by atoms with Crippen molar-refractivity contribution in [1.82, 2.24) is 4.98 Å². The molecule has 0 aliphatic heterocycles. The van der Waals surface area contributed by atoms with E-state index in [0.717, 1.165) is 35.6 Å². The van der Waals surface area contributed by atoms with Crippen LogP contribution >= 0.6 is 0 Å². The van der Waals surface area contributed by atoms with Crippen LogP contribution in [0, 0.1) is 0 Å². The first kappa shape index (κ1) is 17.8. The molecule has 3 rings (SSSR count). The van der Waals surface area contributed by atoms with E-state index in [1.165, 1.54) is 5.56 Å². The normalized spacial score (nSPS) is 10.5. The summed E-state index contributed by atoms with van der Waals surface area (Å²) < 4.78 is 11.6. The van der Waals surface area contributed by atoms with E-state index >= 15 is 0 Å². The number of aromatic hydroxyl groups is 1. The van der Waals surface area contributed by atoms with Crippen LogP contribution in [0.25, 0.3) is 0 Å². The number of pyridine rings is 1. The van der Waals surface area contributed by atoms with Gasteiger partial charge in [0.05, 0.1) is 6.61 Å². The van der Waals surface area contributed by atoms with Crippen LogP contribution in [0.3, 0.4) is 0 Å². The van der Waals surface area contributed by atoms with E-state index in [1.807, 2.05) is 36.4 Å². The largest absolute Gasteiger partial charge is 0.508 e. The highest BCUT2D eigenvalue weighted by atomic mass is 16.5. The smallest absolute Gasteiger partial charge is 0.144 e. The van der Waals surface area contributed by atoms with Gasteiger partial charge >= 0.3 is 0 Å². The maximum absolute atomic E-state index is 9.35. The Morgan fingerprint density at radius 3 is 2.27 bits per heavy atom. The molecule has 0 atom stereocenters. The molecule has 0 fully saturated rings. The molecule has 0 saturated heterocycles. The minimum Gasteiger partial charge on any atom is -0.508 e. The van der Waals surface area contributed by atoms with Gasteiger partial charge in [-0.25, -0.2) is 0 Å². The fraction of sp³-hybridized carbons (Fsp3) is 0.227. The highest BCUT2D eigenvalue weighted by Gasteiger charge is 2.06. The molecule has 4 heteroatoms. The molecule has 26 heavy (non-hydrogen) atoms. The van der Waals surface area contributed by atoms with Crippen LogP contribution in [0.1, 0.15) is 30.2 Å². The molecule has 1 aromatic heterocycles. The molecule has 3 aromatic rings. The molecule has 0 amide bonds. The van der Waals surface area contributed by atoms with E-state index in [-0.39, 0.29) is 5.75 Å². The highest BCUT2D eigenvalue weighted by Crippen LogP contribution is 2.20. The number of ether oxygens (including phenoxy) is 2. The fourth-order valence-corrected chi connectivity index (χ4v) is 2.58. The molecule has 0 saturated carbocycles. The van der Waals surface area contributed by atoms with Gasteiger partial charge < -0.3 is 14.6 Å². The lowest BCUT2D eigenvalue weighted by atomic mass is 10.0. The lowest BCUT2D eigenvalue weighted by Crippen LogP contribution is -2.04. The second-order valence-corrected chi connectivity index (χ2v) is 6.07. The van der Waals surface area contributed by atoms with Crippen LogP contribution in [0.5, 0.6) is 17.2 Å². The molecule has 0 aliphatic rings. The Morgan fingerprint density at radius 1 is 0.885 bits per heavy atom. The van der Waals surface area contributed by atoms with E-state index in [0.29, 0.717) is 13.2 Å². The number of hydrogen-bond acceptors (Lipinski definition) is 4. The summed E-state index contributed by atoms with van der Waals surface area (Å²) in [6.45, 7) is 3.12. The van der Waals surface area contributed by atoms with Gasteiger partial charge in [-0.05, 0) is 60.4 Å². The Kier molecular flexibility index (Phi) is 6.09. The fourth-order valence-electron chi connectivity index (χ4n) is 2.58. The molecule has 0 radical (unpaired) electrons. The van der Waals surface area contributed by atoms with Crippen molar-refractivity contribution in [1.29, 1.82) is 0 Å². The van der Waals surface area contributed by atoms with Crippen LogP contribution < -0.4 is 9.47 Å². The van der Waals surface area contributed by atoms with E-state index < -0.39 is 0 Å². The summed E-state index contributed by atoms with van der Waals surface area (Å²) in [5.74, 6) is 1.86. The van der Waals surface area contributed by atoms with E-state index in [2.05, 4.69) is 24.0 Å². The standard InChI is InChI=1S/C22H23NO3/c1-2-14-25-22-4-3-13-23-21(22)16-26-20-11-7-18(8-12-20)15-17-5-9-19(24)10-6-17/h3-13,24H,2,14-16H2,1H3. The Balaban J connectivity index is 1.59. The monoisotopic (exact) mass is 349 g/mol. The first-order valence-corrected chi connectivity index (χ1v) is 8.81. The van der Waals surface area contributed by atoms with Crippen LogP contribution in [0.2, 0.25) is 0 Å². The third-order valence-electron chi connectivity index (χ3n) is 3.95. The second kappa shape index (κ2) is 8.90. The summed E-state index contributed by atoms with van der Waals surface area (Å²) in [4.78, 5) is 4.36. The first-order valence-electron chi connectivity index (χ1n) is 8.81. The quantitative estimate of drug-likeness (QED) is 0.638. The minimum absolute atomic E-state index is 0.286. The molecule has 0 spiro atoms. The Bertz CT molecular complexity index is 814. The third-order valence-corrected chi connectivity index (χ3v) is 3.95. The SMILES string of the molecule is CCCOc1cccnc1COc1ccc(Cc2ccc(O)cc2)cc1. The van der Waals surface area contributed by atoms with Gasteiger partial charge in [0, 0.05) is 6.20 Å². The van der Waals surface area contributed by atoms with Gasteiger partial charge in [0.25, 0.3) is 0 Å². The number of benzene rings is 2. The summed E-state index contributed by atoms with van der Waals surface area (Å²) in [5, 5.41) is 9.35. The molecule has 1 N–H and O–H groups in total. The zero-order chi connectivity index (χ0) is 18.2. The average molecular weight is 349 g/mol. The van der Waals surface area contributed by atoms with Crippen molar-refractivity contribution < 1.29 is 14.6 Å². The van der Waals surface area contributed by atoms with Crippen molar-refractivity contribution in [2.75, 3.05) is 6.61 Å². The van der Waals surface area contributed by atoms with Gasteiger partial charge in [0.2, 0.25) is 0 Å². The highest BCUT2D eigenvalue weighted by molar-refractivity contribution is 5.34. The summed E-state index contributed by atoms with van der Waals surface area (Å²) in [6.07, 6.45) is 3.52. The van der Waals surface area contributed by atoms with Gasteiger partial charge in [-0.1, -0.05) is 31.2 Å². The van der Waals surface area contributed by atoms with Crippen molar-refractivity contribution >= 4 is 0 Å². The lowest BCUT2D eigenvalue weighted by Gasteiger charge is -2.11. The maximum atomic E-state index is 9.35. The molecular weight excluding hydrogens is 326 g/mol. The van der Waals surface area contributed by atoms with Crippen LogP contribution in [0.4, 0.5) is 0 Å². The molecule has 4 nitrogen and oxygen atoms in total. The molecule has 0 unspecified atom stereocenters. The number of phenolic OH excluding ortho intramolecular Hbond substituents is 1. The molecule has 0 bridgehead atoms. The number of aromatic nitrogens is 1. The van der Waals surface area contributed by atoms with E-state index in [9.17, 15) is 5.11 Å². The van der Waals surface area contributed by atoms with Gasteiger partial charge in [-0.2, -0.15) is 0 Å². The van der Waals surface area contributed by atoms with Crippen molar-refractivity contribution in [3.05, 3.63) is 83.7 Å². The van der Waals surface area contributed by atoms with Crippen molar-refractivity contribution in [3.8, 4) is 17.2 Å². The zero-order valence-corrected chi connectivity index (χ0v) is 14.9. The number of rotatable bonds is 8. The first-order chi connectivity index (χ1) is 12.7. The predicted octanol–water partition coefficient (Wildman–Crippen LogP) is 4.75. The van der Waals surface area contributed by atoms with Crippen molar-refractivity contribution in [3.63, 3.8) is 0 Å². The van der Waals surface area contributed by atoms with Crippen molar-refractivity contribution in [2.24, 2.45) is 0 Å². The number of hydrogen-bond donors (Lipinski definition) is 1. The molecular formula is C22H23NO3. The van der Waals surface area contributed by atoms with E-state index in [1.54, 1.807) is 18.3 Å².